The molecule has 10 nitrogen and oxygen atoms in total. The molecule has 1 amide bonds. The van der Waals surface area contributed by atoms with Crippen LogP contribution in [0.15, 0.2) is 49.7 Å². The highest BCUT2D eigenvalue weighted by Gasteiger charge is 2.22. The molecule has 4 aromatic rings. The molecule has 5 rings (SSSR count). The average molecular weight is 453 g/mol. The first-order valence-electron chi connectivity index (χ1n) is 9.79. The van der Waals surface area contributed by atoms with Crippen molar-refractivity contribution >= 4 is 51.4 Å². The Balaban J connectivity index is 1.57. The van der Waals surface area contributed by atoms with Crippen molar-refractivity contribution in [1.82, 2.24) is 4.98 Å². The van der Waals surface area contributed by atoms with Gasteiger partial charge in [-0.3, -0.25) is 9.59 Å². The summed E-state index contributed by atoms with van der Waals surface area (Å²) in [6, 6.07) is 4.85. The van der Waals surface area contributed by atoms with Crippen LogP contribution in [0, 0.1) is 0 Å². The molecule has 4 aromatic heterocycles. The van der Waals surface area contributed by atoms with Gasteiger partial charge in [0.2, 0.25) is 11.0 Å². The maximum atomic E-state index is 12.7. The Morgan fingerprint density at radius 2 is 2.00 bits per heavy atom. The van der Waals surface area contributed by atoms with Crippen LogP contribution in [0.4, 0.5) is 22.9 Å². The van der Waals surface area contributed by atoms with Gasteiger partial charge >= 0.3 is 0 Å². The van der Waals surface area contributed by atoms with Gasteiger partial charge in [-0.15, -0.1) is 11.3 Å². The van der Waals surface area contributed by atoms with Gasteiger partial charge in [0.05, 0.1) is 53.0 Å². The second-order valence-corrected chi connectivity index (χ2v) is 8.09. The number of amides is 1. The van der Waals surface area contributed by atoms with Crippen LogP contribution in [0.3, 0.4) is 0 Å². The lowest BCUT2D eigenvalue weighted by atomic mass is 10.2. The number of morpholine rings is 1. The van der Waals surface area contributed by atoms with Crippen LogP contribution in [0.5, 0.6) is 0 Å². The summed E-state index contributed by atoms with van der Waals surface area (Å²) in [5, 5.41) is 5.03. The number of thiophene rings is 1. The predicted molar refractivity (Wildman–Crippen MR) is 122 cm³/mol. The van der Waals surface area contributed by atoms with Crippen LogP contribution < -0.4 is 27.1 Å². The number of pyridine rings is 1. The monoisotopic (exact) mass is 453 g/mol. The van der Waals surface area contributed by atoms with Gasteiger partial charge in [0.15, 0.2) is 17.2 Å². The minimum absolute atomic E-state index is 0.0644. The lowest BCUT2D eigenvalue weighted by molar-refractivity contribution is 0.0996. The number of primary amides is 1. The fourth-order valence-corrected chi connectivity index (χ4v) is 4.41. The van der Waals surface area contributed by atoms with E-state index in [1.165, 1.54) is 29.9 Å². The molecule has 32 heavy (non-hydrogen) atoms. The molecule has 1 aliphatic rings. The Hall–Kier alpha value is -3.83. The minimum atomic E-state index is -0.681. The Labute approximate surface area is 185 Å². The van der Waals surface area contributed by atoms with Crippen LogP contribution in [0.2, 0.25) is 0 Å². The summed E-state index contributed by atoms with van der Waals surface area (Å²) in [6.45, 7) is 2.39. The molecule has 164 valence electrons. The first kappa shape index (κ1) is 20.1. The number of aromatic nitrogens is 1. The quantitative estimate of drug-likeness (QED) is 0.414. The van der Waals surface area contributed by atoms with Crippen molar-refractivity contribution < 1.29 is 18.4 Å². The van der Waals surface area contributed by atoms with Crippen molar-refractivity contribution in [2.24, 2.45) is 5.73 Å². The molecule has 1 fully saturated rings. The van der Waals surface area contributed by atoms with Crippen molar-refractivity contribution in [3.05, 3.63) is 52.0 Å². The molecule has 0 aliphatic carbocycles. The largest absolute Gasteiger partial charge is 0.456 e. The smallest absolute Gasteiger partial charge is 0.269 e. The summed E-state index contributed by atoms with van der Waals surface area (Å²) in [4.78, 5) is 31.2. The zero-order valence-corrected chi connectivity index (χ0v) is 17.6. The van der Waals surface area contributed by atoms with E-state index in [0.29, 0.717) is 60.4 Å². The lowest BCUT2D eigenvalue weighted by Gasteiger charge is -2.26. The van der Waals surface area contributed by atoms with E-state index in [-0.39, 0.29) is 16.7 Å². The standard InChI is InChI=1S/C21H19N5O5S/c22-11-7-14(17(21(23)28)24-9-11)25-13-1-6-32-20(13)12-10-30-19-15(27)8-16(31-18(12)19)26-2-4-29-5-3-26/h1,6-10,25H,2-5,22H2,(H2,23,28). The number of nitrogens with two attached hydrogens (primary N) is 2. The van der Waals surface area contributed by atoms with Crippen LogP contribution in [0.1, 0.15) is 10.5 Å². The molecule has 11 heteroatoms. The number of furan rings is 1. The number of carbonyl (C=O) groups is 1. The number of carbonyl (C=O) groups excluding carboxylic acids is 1. The molecule has 1 saturated heterocycles. The fraction of sp³-hybridized carbons (Fsp3) is 0.190. The van der Waals surface area contributed by atoms with Gasteiger partial charge in [-0.1, -0.05) is 0 Å². The normalized spacial score (nSPS) is 14.1. The number of nitrogen functional groups attached to an aromatic ring is 1. The molecular formula is C21H19N5O5S. The highest BCUT2D eigenvalue weighted by atomic mass is 32.1. The van der Waals surface area contributed by atoms with Crippen LogP contribution in [-0.4, -0.2) is 37.2 Å². The average Bonchev–Trinajstić information content (AvgIpc) is 3.41. The number of anilines is 4. The van der Waals surface area contributed by atoms with Crippen molar-refractivity contribution in [2.75, 3.05) is 42.3 Å². The number of hydrogen-bond donors (Lipinski definition) is 3. The first-order valence-corrected chi connectivity index (χ1v) is 10.7. The fourth-order valence-electron chi connectivity index (χ4n) is 3.56. The molecule has 0 saturated carbocycles. The summed E-state index contributed by atoms with van der Waals surface area (Å²) in [5.74, 6) is -0.213. The van der Waals surface area contributed by atoms with Crippen molar-refractivity contribution in [2.45, 2.75) is 0 Å². The molecule has 0 aromatic carbocycles. The summed E-state index contributed by atoms with van der Waals surface area (Å²) in [5.41, 5.74) is 13.6. The van der Waals surface area contributed by atoms with E-state index in [0.717, 1.165) is 4.88 Å². The Morgan fingerprint density at radius 1 is 1.19 bits per heavy atom. The van der Waals surface area contributed by atoms with Crippen LogP contribution in [-0.2, 0) is 4.74 Å². The molecular weight excluding hydrogens is 434 g/mol. The van der Waals surface area contributed by atoms with Gasteiger partial charge in [-0.2, -0.15) is 0 Å². The molecule has 5 heterocycles. The number of rotatable bonds is 5. The van der Waals surface area contributed by atoms with E-state index < -0.39 is 5.91 Å². The Kier molecular flexibility index (Phi) is 5.04. The third-order valence-corrected chi connectivity index (χ3v) is 6.02. The van der Waals surface area contributed by atoms with E-state index in [9.17, 15) is 9.59 Å². The molecule has 0 bridgehead atoms. The van der Waals surface area contributed by atoms with Gasteiger partial charge in [0.1, 0.15) is 6.26 Å². The van der Waals surface area contributed by atoms with E-state index in [4.69, 9.17) is 25.0 Å². The lowest BCUT2D eigenvalue weighted by Crippen LogP contribution is -2.36. The minimum Gasteiger partial charge on any atom is -0.456 e. The summed E-state index contributed by atoms with van der Waals surface area (Å²) < 4.78 is 17.0. The number of nitrogens with zero attached hydrogens (tertiary/aromatic N) is 2. The zero-order chi connectivity index (χ0) is 22.2. The van der Waals surface area contributed by atoms with Crippen molar-refractivity contribution in [3.63, 3.8) is 0 Å². The number of nitrogens with one attached hydrogen (secondary N) is 1. The molecule has 0 unspecified atom stereocenters. The van der Waals surface area contributed by atoms with E-state index in [2.05, 4.69) is 10.3 Å². The van der Waals surface area contributed by atoms with E-state index in [1.807, 2.05) is 16.3 Å². The molecule has 0 spiro atoms. The molecule has 5 N–H and O–H groups in total. The van der Waals surface area contributed by atoms with Gasteiger partial charge in [-0.25, -0.2) is 4.98 Å². The summed E-state index contributed by atoms with van der Waals surface area (Å²) in [7, 11) is 0. The summed E-state index contributed by atoms with van der Waals surface area (Å²) >= 11 is 1.42. The van der Waals surface area contributed by atoms with Gasteiger partial charge in [-0.05, 0) is 17.5 Å². The first-order chi connectivity index (χ1) is 15.5. The Morgan fingerprint density at radius 3 is 2.78 bits per heavy atom. The molecule has 0 atom stereocenters. The maximum Gasteiger partial charge on any atom is 0.269 e. The van der Waals surface area contributed by atoms with Gasteiger partial charge in [0, 0.05) is 13.1 Å². The third kappa shape index (κ3) is 3.57. The molecule has 1 aliphatic heterocycles. The zero-order valence-electron chi connectivity index (χ0n) is 16.8. The van der Waals surface area contributed by atoms with E-state index in [1.54, 1.807) is 6.07 Å². The Bertz CT molecular complexity index is 1370. The third-order valence-electron chi connectivity index (χ3n) is 5.07. The van der Waals surface area contributed by atoms with E-state index >= 15 is 0 Å². The number of ether oxygens (including phenoxy) is 1. The second kappa shape index (κ2) is 8.02. The van der Waals surface area contributed by atoms with Crippen LogP contribution >= 0.6 is 11.3 Å². The topological polar surface area (TPSA) is 150 Å². The number of fused-ring (bicyclic) bond motifs is 1. The highest BCUT2D eigenvalue weighted by molar-refractivity contribution is 7.14. The van der Waals surface area contributed by atoms with Gasteiger partial charge < -0.3 is 35.3 Å². The SMILES string of the molecule is NC(=O)c1ncc(N)cc1Nc1ccsc1-c1coc2c(=O)cc(N3CCOCC3)oc12. The second-order valence-electron chi connectivity index (χ2n) is 7.17. The summed E-state index contributed by atoms with van der Waals surface area (Å²) in [6.07, 6.45) is 2.85. The van der Waals surface area contributed by atoms with Crippen molar-refractivity contribution in [3.8, 4) is 10.4 Å². The van der Waals surface area contributed by atoms with Crippen LogP contribution in [0.25, 0.3) is 21.6 Å². The number of hydrogen-bond acceptors (Lipinski definition) is 10. The maximum absolute atomic E-state index is 12.7. The van der Waals surface area contributed by atoms with Gasteiger partial charge in [0.25, 0.3) is 5.91 Å². The highest BCUT2D eigenvalue weighted by Crippen LogP contribution is 2.41. The predicted octanol–water partition coefficient (Wildman–Crippen LogP) is 2.77. The molecule has 0 radical (unpaired) electrons. The van der Waals surface area contributed by atoms with Crippen molar-refractivity contribution in [1.29, 1.82) is 0 Å².